The van der Waals surface area contributed by atoms with Gasteiger partial charge in [0.15, 0.2) is 5.78 Å². The average molecular weight is 405 g/mol. The summed E-state index contributed by atoms with van der Waals surface area (Å²) in [5.74, 6) is -0.697. The molecule has 2 aromatic carbocycles. The molecule has 5 nitrogen and oxygen atoms in total. The van der Waals surface area contributed by atoms with Gasteiger partial charge in [0.1, 0.15) is 6.04 Å². The molecule has 0 aliphatic carbocycles. The highest BCUT2D eigenvalue weighted by Crippen LogP contribution is 2.27. The summed E-state index contributed by atoms with van der Waals surface area (Å²) in [6, 6.07) is 10.8. The maximum Gasteiger partial charge on any atom is 0.256 e. The summed E-state index contributed by atoms with van der Waals surface area (Å²) in [6.07, 6.45) is 1.28. The van der Waals surface area contributed by atoms with E-state index in [9.17, 15) is 14.4 Å². The number of hydrogen-bond acceptors (Lipinski definition) is 3. The molecule has 0 radical (unpaired) electrons. The quantitative estimate of drug-likeness (QED) is 0.765. The van der Waals surface area contributed by atoms with Crippen LogP contribution in [0.25, 0.3) is 0 Å². The van der Waals surface area contributed by atoms with Crippen LogP contribution < -0.4 is 5.32 Å². The van der Waals surface area contributed by atoms with Crippen molar-refractivity contribution in [2.24, 2.45) is 0 Å². The van der Waals surface area contributed by atoms with Gasteiger partial charge in [0.05, 0.1) is 10.6 Å². The summed E-state index contributed by atoms with van der Waals surface area (Å²) in [5, 5.41) is 3.50. The van der Waals surface area contributed by atoms with Gasteiger partial charge in [-0.1, -0.05) is 35.3 Å². The summed E-state index contributed by atoms with van der Waals surface area (Å²) in [4.78, 5) is 38.7. The zero-order valence-electron chi connectivity index (χ0n) is 14.7. The molecular weight excluding hydrogens is 387 g/mol. The van der Waals surface area contributed by atoms with Gasteiger partial charge in [-0.3, -0.25) is 14.4 Å². The van der Waals surface area contributed by atoms with Crippen LogP contribution in [0.1, 0.15) is 40.5 Å². The highest BCUT2D eigenvalue weighted by atomic mass is 35.5. The lowest BCUT2D eigenvalue weighted by atomic mass is 10.1. The van der Waals surface area contributed by atoms with Crippen molar-refractivity contribution in [3.05, 3.63) is 63.6 Å². The zero-order valence-corrected chi connectivity index (χ0v) is 16.2. The van der Waals surface area contributed by atoms with E-state index in [1.54, 1.807) is 36.4 Å². The Balaban J connectivity index is 1.78. The van der Waals surface area contributed by atoms with Gasteiger partial charge in [0.25, 0.3) is 5.91 Å². The third-order valence-corrected chi connectivity index (χ3v) is 5.08. The maximum absolute atomic E-state index is 12.9. The number of ketones is 1. The largest absolute Gasteiger partial charge is 0.327 e. The fourth-order valence-corrected chi connectivity index (χ4v) is 3.51. The zero-order chi connectivity index (χ0) is 19.6. The van der Waals surface area contributed by atoms with E-state index in [2.05, 4.69) is 5.32 Å². The molecule has 2 aromatic rings. The normalized spacial score (nSPS) is 16.3. The highest BCUT2D eigenvalue weighted by Gasteiger charge is 2.35. The van der Waals surface area contributed by atoms with Gasteiger partial charge in [0, 0.05) is 22.8 Å². The number of Topliss-reactive ketones (excluding diaryl/α,β-unsaturated/α-hetero) is 1. The van der Waals surface area contributed by atoms with Gasteiger partial charge in [0.2, 0.25) is 5.91 Å². The van der Waals surface area contributed by atoms with E-state index in [0.29, 0.717) is 34.3 Å². The van der Waals surface area contributed by atoms with Crippen LogP contribution in [0, 0.1) is 0 Å². The number of likely N-dealkylation sites (tertiary alicyclic amines) is 1. The molecule has 1 saturated heterocycles. The topological polar surface area (TPSA) is 66.5 Å². The van der Waals surface area contributed by atoms with Gasteiger partial charge in [-0.05, 0) is 50.1 Å². The van der Waals surface area contributed by atoms with E-state index in [4.69, 9.17) is 23.2 Å². The Morgan fingerprint density at radius 1 is 1.11 bits per heavy atom. The smallest absolute Gasteiger partial charge is 0.256 e. The lowest BCUT2D eigenvalue weighted by molar-refractivity contribution is -0.119. The van der Waals surface area contributed by atoms with Crippen LogP contribution in [0.2, 0.25) is 10.0 Å². The molecule has 1 heterocycles. The minimum Gasteiger partial charge on any atom is -0.327 e. The van der Waals surface area contributed by atoms with Crippen LogP contribution >= 0.6 is 23.2 Å². The van der Waals surface area contributed by atoms with Crippen LogP contribution in [0.4, 0.5) is 5.69 Å². The summed E-state index contributed by atoms with van der Waals surface area (Å²) in [6.45, 7) is 1.93. The Labute approximate surface area is 167 Å². The van der Waals surface area contributed by atoms with Gasteiger partial charge in [-0.2, -0.15) is 0 Å². The van der Waals surface area contributed by atoms with Crippen molar-refractivity contribution in [1.29, 1.82) is 0 Å². The summed E-state index contributed by atoms with van der Waals surface area (Å²) >= 11 is 12.1. The number of amides is 2. The molecule has 27 heavy (non-hydrogen) atoms. The molecule has 1 atom stereocenters. The van der Waals surface area contributed by atoms with E-state index in [-0.39, 0.29) is 23.2 Å². The molecule has 3 rings (SSSR count). The van der Waals surface area contributed by atoms with Crippen molar-refractivity contribution >= 4 is 46.5 Å². The molecule has 7 heteroatoms. The van der Waals surface area contributed by atoms with Crippen LogP contribution in [0.3, 0.4) is 0 Å². The van der Waals surface area contributed by atoms with E-state index in [1.165, 1.54) is 17.9 Å². The molecule has 0 unspecified atom stereocenters. The molecule has 0 bridgehead atoms. The molecule has 1 aliphatic heterocycles. The second kappa shape index (κ2) is 8.11. The second-order valence-electron chi connectivity index (χ2n) is 6.41. The van der Waals surface area contributed by atoms with Crippen molar-refractivity contribution in [1.82, 2.24) is 4.90 Å². The number of benzene rings is 2. The first-order valence-corrected chi connectivity index (χ1v) is 9.30. The Morgan fingerprint density at radius 2 is 1.89 bits per heavy atom. The molecule has 2 amide bonds. The van der Waals surface area contributed by atoms with Crippen molar-refractivity contribution in [3.63, 3.8) is 0 Å². The van der Waals surface area contributed by atoms with Gasteiger partial charge < -0.3 is 10.2 Å². The van der Waals surface area contributed by atoms with Crippen LogP contribution in [-0.2, 0) is 4.79 Å². The SMILES string of the molecule is CC(=O)c1cccc(NC(=O)[C@@H]2CCCN2C(=O)c2cc(Cl)ccc2Cl)c1. The minimum absolute atomic E-state index is 0.0839. The molecule has 1 fully saturated rings. The maximum atomic E-state index is 12.9. The second-order valence-corrected chi connectivity index (χ2v) is 7.25. The fourth-order valence-electron chi connectivity index (χ4n) is 3.14. The van der Waals surface area contributed by atoms with Crippen LogP contribution in [-0.4, -0.2) is 35.1 Å². The van der Waals surface area contributed by atoms with E-state index in [0.717, 1.165) is 6.42 Å². The molecule has 1 N–H and O–H groups in total. The lowest BCUT2D eigenvalue weighted by Crippen LogP contribution is -2.43. The van der Waals surface area contributed by atoms with E-state index >= 15 is 0 Å². The first-order chi connectivity index (χ1) is 12.9. The predicted octanol–water partition coefficient (Wildman–Crippen LogP) is 4.44. The van der Waals surface area contributed by atoms with Crippen LogP contribution in [0.5, 0.6) is 0 Å². The number of anilines is 1. The number of carbonyl (C=O) groups excluding carboxylic acids is 3. The predicted molar refractivity (Wildman–Crippen MR) is 106 cm³/mol. The molecule has 0 saturated carbocycles. The van der Waals surface area contributed by atoms with E-state index < -0.39 is 6.04 Å². The lowest BCUT2D eigenvalue weighted by Gasteiger charge is -2.24. The summed E-state index contributed by atoms with van der Waals surface area (Å²) in [5.41, 5.74) is 1.31. The average Bonchev–Trinajstić information content (AvgIpc) is 3.13. The van der Waals surface area contributed by atoms with Crippen molar-refractivity contribution in [2.75, 3.05) is 11.9 Å². The van der Waals surface area contributed by atoms with Gasteiger partial charge >= 0.3 is 0 Å². The minimum atomic E-state index is -0.603. The number of hydrogen-bond donors (Lipinski definition) is 1. The number of nitrogens with one attached hydrogen (secondary N) is 1. The molecule has 0 aromatic heterocycles. The molecule has 1 aliphatic rings. The summed E-state index contributed by atoms with van der Waals surface area (Å²) in [7, 11) is 0. The van der Waals surface area contributed by atoms with Crippen LogP contribution in [0.15, 0.2) is 42.5 Å². The molecule has 140 valence electrons. The third kappa shape index (κ3) is 4.31. The first kappa shape index (κ1) is 19.4. The standard InChI is InChI=1S/C20H18Cl2N2O3/c1-12(25)13-4-2-5-15(10-13)23-19(26)18-6-3-9-24(18)20(27)16-11-14(21)7-8-17(16)22/h2,4-5,7-8,10-11,18H,3,6,9H2,1H3,(H,23,26)/t18-/m0/s1. The Hall–Kier alpha value is -2.37. The van der Waals surface area contributed by atoms with Crippen molar-refractivity contribution in [3.8, 4) is 0 Å². The monoisotopic (exact) mass is 404 g/mol. The Bertz CT molecular complexity index is 914. The summed E-state index contributed by atoms with van der Waals surface area (Å²) < 4.78 is 0. The number of nitrogens with zero attached hydrogens (tertiary/aromatic N) is 1. The van der Waals surface area contributed by atoms with E-state index in [1.807, 2.05) is 0 Å². The van der Waals surface area contributed by atoms with Crippen molar-refractivity contribution in [2.45, 2.75) is 25.8 Å². The van der Waals surface area contributed by atoms with Crippen molar-refractivity contribution < 1.29 is 14.4 Å². The third-order valence-electron chi connectivity index (χ3n) is 4.51. The Kier molecular flexibility index (Phi) is 5.82. The first-order valence-electron chi connectivity index (χ1n) is 8.54. The fraction of sp³-hybridized carbons (Fsp3) is 0.250. The van der Waals surface area contributed by atoms with Gasteiger partial charge in [-0.25, -0.2) is 0 Å². The number of halogens is 2. The molecule has 0 spiro atoms. The Morgan fingerprint density at radius 3 is 2.63 bits per heavy atom. The highest BCUT2D eigenvalue weighted by molar-refractivity contribution is 6.35. The molecular formula is C20H18Cl2N2O3. The number of rotatable bonds is 4. The number of carbonyl (C=O) groups is 3. The van der Waals surface area contributed by atoms with Gasteiger partial charge in [-0.15, -0.1) is 0 Å².